The van der Waals surface area contributed by atoms with Gasteiger partial charge in [0.2, 0.25) is 0 Å². The zero-order valence-electron chi connectivity index (χ0n) is 9.69. The van der Waals surface area contributed by atoms with E-state index in [2.05, 4.69) is 0 Å². The Hall–Kier alpha value is -1.43. The van der Waals surface area contributed by atoms with Crippen molar-refractivity contribution >= 4 is 17.7 Å². The fourth-order valence-corrected chi connectivity index (χ4v) is 0.991. The van der Waals surface area contributed by atoms with Gasteiger partial charge in [-0.25, -0.2) is 0 Å². The van der Waals surface area contributed by atoms with Crippen molar-refractivity contribution in [3.63, 3.8) is 0 Å². The molecule has 0 fully saturated rings. The highest BCUT2D eigenvalue weighted by Gasteiger charge is 2.25. The van der Waals surface area contributed by atoms with Crippen LogP contribution in [0.4, 0.5) is 0 Å². The molecule has 0 amide bonds. The molecule has 2 N–H and O–H groups in total. The number of Topliss-reactive ketones (excluding diaryl/α,β-unsaturated/α-hetero) is 1. The molecule has 0 bridgehead atoms. The van der Waals surface area contributed by atoms with E-state index in [4.69, 9.17) is 10.2 Å². The third kappa shape index (κ3) is 6.13. The summed E-state index contributed by atoms with van der Waals surface area (Å²) >= 11 is 0. The van der Waals surface area contributed by atoms with Gasteiger partial charge in [-0.15, -0.1) is 0 Å². The van der Waals surface area contributed by atoms with Crippen molar-refractivity contribution in [1.82, 2.24) is 4.90 Å². The van der Waals surface area contributed by atoms with Crippen LogP contribution in [0.2, 0.25) is 0 Å². The molecule has 6 heteroatoms. The SMILES string of the molecule is CC(C)(C)C(=O)CN(CC(=O)O)CC(=O)O. The molecule has 0 aromatic carbocycles. The van der Waals surface area contributed by atoms with Gasteiger partial charge in [-0.1, -0.05) is 20.8 Å². The Balaban J connectivity index is 4.48. The van der Waals surface area contributed by atoms with Crippen molar-refractivity contribution < 1.29 is 24.6 Å². The molecule has 0 saturated carbocycles. The summed E-state index contributed by atoms with van der Waals surface area (Å²) in [6.45, 7) is 4.05. The van der Waals surface area contributed by atoms with Gasteiger partial charge in [0.1, 0.15) is 0 Å². The van der Waals surface area contributed by atoms with Gasteiger partial charge in [0.25, 0.3) is 0 Å². The predicted molar refractivity (Wildman–Crippen MR) is 56.2 cm³/mol. The molecule has 0 aliphatic carbocycles. The predicted octanol–water partition coefficient (Wildman–Crippen LogP) is 0.0728. The first-order chi connectivity index (χ1) is 7.12. The van der Waals surface area contributed by atoms with Crippen molar-refractivity contribution in [3.8, 4) is 0 Å². The molecule has 0 rings (SSSR count). The number of nitrogens with zero attached hydrogens (tertiary/aromatic N) is 1. The van der Waals surface area contributed by atoms with Crippen LogP contribution in [-0.2, 0) is 14.4 Å². The van der Waals surface area contributed by atoms with E-state index in [1.54, 1.807) is 20.8 Å². The molecule has 0 spiro atoms. The first-order valence-corrected chi connectivity index (χ1v) is 4.82. The Labute approximate surface area is 93.9 Å². The minimum atomic E-state index is -1.15. The number of carbonyl (C=O) groups is 3. The zero-order chi connectivity index (χ0) is 12.9. The smallest absolute Gasteiger partial charge is 0.317 e. The van der Waals surface area contributed by atoms with Gasteiger partial charge in [0.05, 0.1) is 19.6 Å². The molecule has 0 saturated heterocycles. The quantitative estimate of drug-likeness (QED) is 0.671. The van der Waals surface area contributed by atoms with Crippen LogP contribution >= 0.6 is 0 Å². The fraction of sp³-hybridized carbons (Fsp3) is 0.700. The second-order valence-electron chi connectivity index (χ2n) is 4.61. The molecule has 0 radical (unpaired) electrons. The van der Waals surface area contributed by atoms with E-state index >= 15 is 0 Å². The number of carboxylic acids is 2. The Morgan fingerprint density at radius 2 is 1.31 bits per heavy atom. The summed E-state index contributed by atoms with van der Waals surface area (Å²) < 4.78 is 0. The van der Waals surface area contributed by atoms with E-state index in [1.165, 1.54) is 0 Å². The van der Waals surface area contributed by atoms with Crippen molar-refractivity contribution in [2.45, 2.75) is 20.8 Å². The summed E-state index contributed by atoms with van der Waals surface area (Å²) in [6.07, 6.45) is 0. The number of aliphatic carboxylic acids is 2. The average molecular weight is 231 g/mol. The number of carbonyl (C=O) groups excluding carboxylic acids is 1. The van der Waals surface area contributed by atoms with Crippen LogP contribution in [-0.4, -0.2) is 52.5 Å². The highest BCUT2D eigenvalue weighted by Crippen LogP contribution is 2.15. The standard InChI is InChI=1S/C10H17NO5/c1-10(2,3)7(12)4-11(5-8(13)14)6-9(15)16/h4-6H2,1-3H3,(H,13,14)(H,15,16). The lowest BCUT2D eigenvalue weighted by atomic mass is 9.90. The number of carboxylic acid groups (broad SMARTS) is 2. The highest BCUT2D eigenvalue weighted by atomic mass is 16.4. The third-order valence-electron chi connectivity index (χ3n) is 1.92. The molecular formula is C10H17NO5. The lowest BCUT2D eigenvalue weighted by molar-refractivity contribution is -0.142. The van der Waals surface area contributed by atoms with Crippen LogP contribution in [0.5, 0.6) is 0 Å². The van der Waals surface area contributed by atoms with Crippen LogP contribution in [0.1, 0.15) is 20.8 Å². The van der Waals surface area contributed by atoms with Crippen LogP contribution in [0.25, 0.3) is 0 Å². The van der Waals surface area contributed by atoms with Gasteiger partial charge >= 0.3 is 11.9 Å². The van der Waals surface area contributed by atoms with Crippen molar-refractivity contribution in [1.29, 1.82) is 0 Å². The Morgan fingerprint density at radius 3 is 1.56 bits per heavy atom. The Morgan fingerprint density at radius 1 is 0.938 bits per heavy atom. The third-order valence-corrected chi connectivity index (χ3v) is 1.92. The van der Waals surface area contributed by atoms with Gasteiger partial charge in [-0.3, -0.25) is 19.3 Å². The van der Waals surface area contributed by atoms with Gasteiger partial charge in [0.15, 0.2) is 5.78 Å². The minimum Gasteiger partial charge on any atom is -0.480 e. The normalized spacial score (nSPS) is 11.5. The largest absolute Gasteiger partial charge is 0.480 e. The lowest BCUT2D eigenvalue weighted by Crippen LogP contribution is -2.41. The molecule has 6 nitrogen and oxygen atoms in total. The second-order valence-corrected chi connectivity index (χ2v) is 4.61. The van der Waals surface area contributed by atoms with Crippen LogP contribution < -0.4 is 0 Å². The maximum atomic E-state index is 11.6. The lowest BCUT2D eigenvalue weighted by Gasteiger charge is -2.22. The first-order valence-electron chi connectivity index (χ1n) is 4.82. The number of hydrogen-bond acceptors (Lipinski definition) is 4. The Bertz CT molecular complexity index is 276. The van der Waals surface area contributed by atoms with Crippen molar-refractivity contribution in [2.24, 2.45) is 5.41 Å². The number of rotatable bonds is 6. The Kier molecular flexibility index (Phi) is 5.10. The summed E-state index contributed by atoms with van der Waals surface area (Å²) in [4.78, 5) is 33.7. The van der Waals surface area contributed by atoms with Crippen molar-refractivity contribution in [2.75, 3.05) is 19.6 Å². The topological polar surface area (TPSA) is 94.9 Å². The molecule has 0 aliphatic heterocycles. The molecule has 0 unspecified atom stereocenters. The highest BCUT2D eigenvalue weighted by molar-refractivity contribution is 5.86. The maximum absolute atomic E-state index is 11.6. The van der Waals surface area contributed by atoms with Crippen molar-refractivity contribution in [3.05, 3.63) is 0 Å². The summed E-state index contributed by atoms with van der Waals surface area (Å²) in [6, 6.07) is 0. The maximum Gasteiger partial charge on any atom is 0.317 e. The molecule has 0 aliphatic rings. The zero-order valence-corrected chi connectivity index (χ0v) is 9.69. The van der Waals surface area contributed by atoms with E-state index in [1.807, 2.05) is 0 Å². The average Bonchev–Trinajstić information content (AvgIpc) is 1.98. The molecule has 0 aromatic heterocycles. The van der Waals surface area contributed by atoms with Crippen LogP contribution in [0.3, 0.4) is 0 Å². The summed E-state index contributed by atoms with van der Waals surface area (Å²) in [5.74, 6) is -2.49. The van der Waals surface area contributed by atoms with Gasteiger partial charge in [-0.05, 0) is 0 Å². The second kappa shape index (κ2) is 5.60. The molecule has 0 heterocycles. The number of hydrogen-bond donors (Lipinski definition) is 2. The van der Waals surface area contributed by atoms with Crippen LogP contribution in [0, 0.1) is 5.41 Å². The van der Waals surface area contributed by atoms with E-state index in [9.17, 15) is 14.4 Å². The van der Waals surface area contributed by atoms with Crippen LogP contribution in [0.15, 0.2) is 0 Å². The van der Waals surface area contributed by atoms with Gasteiger partial charge in [-0.2, -0.15) is 0 Å². The van der Waals surface area contributed by atoms with E-state index in [0.29, 0.717) is 0 Å². The summed E-state index contributed by atoms with van der Waals surface area (Å²) in [5.41, 5.74) is -0.602. The number of ketones is 1. The summed E-state index contributed by atoms with van der Waals surface area (Å²) in [5, 5.41) is 17.1. The monoisotopic (exact) mass is 231 g/mol. The van der Waals surface area contributed by atoms with Gasteiger partial charge < -0.3 is 10.2 Å². The summed E-state index contributed by atoms with van der Waals surface area (Å²) in [7, 11) is 0. The van der Waals surface area contributed by atoms with Gasteiger partial charge in [0, 0.05) is 5.41 Å². The van der Waals surface area contributed by atoms with E-state index in [-0.39, 0.29) is 12.3 Å². The molecule has 0 atom stereocenters. The molecule has 92 valence electrons. The van der Waals surface area contributed by atoms with E-state index < -0.39 is 30.4 Å². The molecular weight excluding hydrogens is 214 g/mol. The molecule has 0 aromatic rings. The van der Waals surface area contributed by atoms with E-state index in [0.717, 1.165) is 4.90 Å². The minimum absolute atomic E-state index is 0.165. The molecule has 16 heavy (non-hydrogen) atoms. The fourth-order valence-electron chi connectivity index (χ4n) is 0.991. The first kappa shape index (κ1) is 14.6.